The minimum absolute atomic E-state index is 0.261. The summed E-state index contributed by atoms with van der Waals surface area (Å²) in [4.78, 5) is 12.6. The van der Waals surface area contributed by atoms with Crippen molar-refractivity contribution in [3.8, 4) is 22.6 Å². The molecule has 0 aliphatic heterocycles. The minimum atomic E-state index is -0.415. The summed E-state index contributed by atoms with van der Waals surface area (Å²) in [5.74, 6) is 1.31. The molecule has 4 aromatic rings. The van der Waals surface area contributed by atoms with E-state index in [9.17, 15) is 0 Å². The summed E-state index contributed by atoms with van der Waals surface area (Å²) >= 11 is 0. The van der Waals surface area contributed by atoms with Gasteiger partial charge in [-0.3, -0.25) is 5.10 Å². The largest absolute Gasteiger partial charge is 0.368 e. The van der Waals surface area contributed by atoms with Crippen LogP contribution in [0.25, 0.3) is 22.6 Å². The van der Waals surface area contributed by atoms with Crippen LogP contribution in [0.2, 0.25) is 0 Å². The van der Waals surface area contributed by atoms with Crippen molar-refractivity contribution in [3.63, 3.8) is 0 Å². The molecule has 0 unspecified atom stereocenters. The summed E-state index contributed by atoms with van der Waals surface area (Å²) in [5.41, 5.74) is 8.87. The molecular formula is C18H17N7O. The maximum atomic E-state index is 5.54. The first-order chi connectivity index (χ1) is 12.5. The van der Waals surface area contributed by atoms with E-state index < -0.39 is 5.41 Å². The van der Waals surface area contributed by atoms with Gasteiger partial charge >= 0.3 is 0 Å². The van der Waals surface area contributed by atoms with Crippen LogP contribution < -0.4 is 5.73 Å². The predicted molar refractivity (Wildman–Crippen MR) is 95.9 cm³/mol. The van der Waals surface area contributed by atoms with Crippen molar-refractivity contribution in [3.05, 3.63) is 60.4 Å². The Morgan fingerprint density at radius 2 is 1.69 bits per heavy atom. The molecule has 0 aliphatic rings. The van der Waals surface area contributed by atoms with Gasteiger partial charge in [0.1, 0.15) is 0 Å². The van der Waals surface area contributed by atoms with E-state index in [-0.39, 0.29) is 5.95 Å². The second-order valence-corrected chi connectivity index (χ2v) is 6.44. The number of H-pyrrole nitrogens is 1. The molecule has 3 aromatic heterocycles. The summed E-state index contributed by atoms with van der Waals surface area (Å²) in [5, 5.41) is 10.8. The van der Waals surface area contributed by atoms with E-state index in [1.165, 1.54) is 0 Å². The van der Waals surface area contributed by atoms with Crippen LogP contribution in [0.3, 0.4) is 0 Å². The van der Waals surface area contributed by atoms with E-state index in [0.29, 0.717) is 11.7 Å². The highest BCUT2D eigenvalue weighted by molar-refractivity contribution is 5.62. The number of nitrogens with zero attached hydrogens (tertiary/aromatic N) is 5. The number of rotatable bonds is 4. The second kappa shape index (κ2) is 6.07. The average Bonchev–Trinajstić information content (AvgIpc) is 3.34. The number of aromatic amines is 1. The Bertz CT molecular complexity index is 1000. The lowest BCUT2D eigenvalue weighted by Gasteiger charge is -2.21. The van der Waals surface area contributed by atoms with Crippen molar-refractivity contribution >= 4 is 5.95 Å². The maximum absolute atomic E-state index is 5.54. The van der Waals surface area contributed by atoms with Gasteiger partial charge < -0.3 is 10.3 Å². The third-order valence-corrected chi connectivity index (χ3v) is 4.34. The van der Waals surface area contributed by atoms with Crippen LogP contribution >= 0.6 is 0 Å². The van der Waals surface area contributed by atoms with Crippen LogP contribution in [0.15, 0.2) is 53.6 Å². The Kier molecular flexibility index (Phi) is 3.72. The molecule has 26 heavy (non-hydrogen) atoms. The van der Waals surface area contributed by atoms with Gasteiger partial charge in [-0.1, -0.05) is 29.4 Å². The zero-order chi connectivity index (χ0) is 18.1. The second-order valence-electron chi connectivity index (χ2n) is 6.44. The zero-order valence-corrected chi connectivity index (χ0v) is 14.3. The molecule has 130 valence electrons. The van der Waals surface area contributed by atoms with Gasteiger partial charge in [0, 0.05) is 24.2 Å². The van der Waals surface area contributed by atoms with Crippen molar-refractivity contribution in [2.24, 2.45) is 0 Å². The molecule has 3 heterocycles. The van der Waals surface area contributed by atoms with E-state index >= 15 is 0 Å². The fraction of sp³-hybridized carbons (Fsp3) is 0.167. The SMILES string of the molecule is CC(C)(c1ccc(-c2cnc(N)nc2)cc1)c1noc(-c2cn[nH]c2)n1. The standard InChI is InChI=1S/C18H17N7O/c1-18(2,16-24-15(26-25-16)13-9-22-23-10-13)14-5-3-11(4-6-14)12-7-20-17(19)21-8-12/h3-10H,1-2H3,(H,22,23)(H2,19,20,21). The quantitative estimate of drug-likeness (QED) is 0.582. The molecule has 8 nitrogen and oxygen atoms in total. The summed E-state index contributed by atoms with van der Waals surface area (Å²) < 4.78 is 5.37. The van der Waals surface area contributed by atoms with Crippen molar-refractivity contribution < 1.29 is 4.52 Å². The summed E-state index contributed by atoms with van der Waals surface area (Å²) in [6.07, 6.45) is 6.78. The molecule has 0 bridgehead atoms. The number of benzene rings is 1. The summed E-state index contributed by atoms with van der Waals surface area (Å²) in [6, 6.07) is 8.12. The number of anilines is 1. The van der Waals surface area contributed by atoms with E-state index in [0.717, 1.165) is 22.3 Å². The average molecular weight is 347 g/mol. The molecule has 0 fully saturated rings. The van der Waals surface area contributed by atoms with Crippen LogP contribution in [-0.4, -0.2) is 30.3 Å². The number of aromatic nitrogens is 6. The van der Waals surface area contributed by atoms with E-state index in [1.54, 1.807) is 24.8 Å². The molecule has 0 atom stereocenters. The van der Waals surface area contributed by atoms with Crippen LogP contribution in [0.4, 0.5) is 5.95 Å². The Hall–Kier alpha value is -3.55. The summed E-state index contributed by atoms with van der Waals surface area (Å²) in [7, 11) is 0. The number of nitrogens with one attached hydrogen (secondary N) is 1. The van der Waals surface area contributed by atoms with Crippen LogP contribution in [0.1, 0.15) is 25.2 Å². The van der Waals surface area contributed by atoms with Crippen LogP contribution in [-0.2, 0) is 5.41 Å². The molecule has 4 rings (SSSR count). The Morgan fingerprint density at radius 1 is 0.962 bits per heavy atom. The highest BCUT2D eigenvalue weighted by Gasteiger charge is 2.29. The predicted octanol–water partition coefficient (Wildman–Crippen LogP) is 2.82. The van der Waals surface area contributed by atoms with E-state index in [4.69, 9.17) is 10.3 Å². The highest BCUT2D eigenvalue weighted by Crippen LogP contribution is 2.32. The molecular weight excluding hydrogens is 330 g/mol. The van der Waals surface area contributed by atoms with Crippen molar-refractivity contribution in [1.29, 1.82) is 0 Å². The first-order valence-electron chi connectivity index (χ1n) is 8.06. The number of nitrogen functional groups attached to an aromatic ring is 1. The maximum Gasteiger partial charge on any atom is 0.261 e. The molecule has 3 N–H and O–H groups in total. The number of hydrogen-bond acceptors (Lipinski definition) is 7. The van der Waals surface area contributed by atoms with Gasteiger partial charge in [0.2, 0.25) is 5.95 Å². The normalized spacial score (nSPS) is 11.6. The Morgan fingerprint density at radius 3 is 2.35 bits per heavy atom. The smallest absolute Gasteiger partial charge is 0.261 e. The van der Waals surface area contributed by atoms with Gasteiger partial charge in [0.25, 0.3) is 5.89 Å². The molecule has 1 aromatic carbocycles. The third-order valence-electron chi connectivity index (χ3n) is 4.34. The van der Waals surface area contributed by atoms with Gasteiger partial charge in [-0.05, 0) is 25.0 Å². The van der Waals surface area contributed by atoms with Gasteiger partial charge in [0.05, 0.1) is 17.2 Å². The number of nitrogens with two attached hydrogens (primary N) is 1. The Labute approximate surface area is 149 Å². The molecule has 0 spiro atoms. The molecule has 0 saturated carbocycles. The molecule has 0 amide bonds. The van der Waals surface area contributed by atoms with E-state index in [2.05, 4.69) is 44.2 Å². The number of hydrogen-bond donors (Lipinski definition) is 2. The van der Waals surface area contributed by atoms with Gasteiger partial charge in [-0.2, -0.15) is 10.1 Å². The minimum Gasteiger partial charge on any atom is -0.368 e. The molecule has 0 aliphatic carbocycles. The zero-order valence-electron chi connectivity index (χ0n) is 14.3. The fourth-order valence-corrected chi connectivity index (χ4v) is 2.66. The molecule has 0 saturated heterocycles. The topological polar surface area (TPSA) is 119 Å². The monoisotopic (exact) mass is 347 g/mol. The van der Waals surface area contributed by atoms with Gasteiger partial charge in [-0.15, -0.1) is 0 Å². The van der Waals surface area contributed by atoms with Crippen molar-refractivity contribution in [2.75, 3.05) is 5.73 Å². The lowest BCUT2D eigenvalue weighted by Crippen LogP contribution is -2.20. The molecule has 8 heteroatoms. The van der Waals surface area contributed by atoms with Gasteiger partial charge in [0.15, 0.2) is 5.82 Å². The lowest BCUT2D eigenvalue weighted by molar-refractivity contribution is 0.408. The van der Waals surface area contributed by atoms with E-state index in [1.807, 2.05) is 24.3 Å². The van der Waals surface area contributed by atoms with Crippen molar-refractivity contribution in [2.45, 2.75) is 19.3 Å². The Balaban J connectivity index is 1.62. The third kappa shape index (κ3) is 2.81. The summed E-state index contributed by atoms with van der Waals surface area (Å²) in [6.45, 7) is 4.11. The van der Waals surface area contributed by atoms with Crippen molar-refractivity contribution in [1.82, 2.24) is 30.3 Å². The lowest BCUT2D eigenvalue weighted by atomic mass is 9.83. The first kappa shape index (κ1) is 15.9. The molecule has 0 radical (unpaired) electrons. The fourth-order valence-electron chi connectivity index (χ4n) is 2.66. The van der Waals surface area contributed by atoms with Gasteiger partial charge in [-0.25, -0.2) is 9.97 Å². The van der Waals surface area contributed by atoms with Crippen LogP contribution in [0.5, 0.6) is 0 Å². The van der Waals surface area contributed by atoms with Crippen LogP contribution in [0, 0.1) is 0 Å². The highest BCUT2D eigenvalue weighted by atomic mass is 16.5. The first-order valence-corrected chi connectivity index (χ1v) is 8.06.